The number of ether oxygens (including phenoxy) is 2. The first kappa shape index (κ1) is 23.8. The van der Waals surface area contributed by atoms with E-state index in [0.29, 0.717) is 11.3 Å². The number of carbonyl (C=O) groups excluding carboxylic acids is 2. The van der Waals surface area contributed by atoms with E-state index in [0.717, 1.165) is 23.2 Å². The highest BCUT2D eigenvalue weighted by Crippen LogP contribution is 2.37. The summed E-state index contributed by atoms with van der Waals surface area (Å²) < 4.78 is 34.2. The summed E-state index contributed by atoms with van der Waals surface area (Å²) in [7, 11) is -2.06. The highest BCUT2D eigenvalue weighted by molar-refractivity contribution is 7.90. The molecule has 10 heteroatoms. The Morgan fingerprint density at radius 1 is 1.12 bits per heavy atom. The molecule has 0 unspecified atom stereocenters. The van der Waals surface area contributed by atoms with E-state index in [1.54, 1.807) is 43.7 Å². The smallest absolute Gasteiger partial charge is 0.341 e. The van der Waals surface area contributed by atoms with Crippen LogP contribution in [0.4, 0.5) is 5.00 Å². The van der Waals surface area contributed by atoms with Gasteiger partial charge in [-0.05, 0) is 42.8 Å². The van der Waals surface area contributed by atoms with Gasteiger partial charge in [0.15, 0.2) is 9.84 Å². The zero-order chi connectivity index (χ0) is 23.5. The summed E-state index contributed by atoms with van der Waals surface area (Å²) in [5, 5.41) is 4.75. The van der Waals surface area contributed by atoms with Gasteiger partial charge in [0.25, 0.3) is 5.91 Å². The summed E-state index contributed by atoms with van der Waals surface area (Å²) in [4.78, 5) is 25.4. The molecular weight excluding hydrogens is 474 g/mol. The van der Waals surface area contributed by atoms with Crippen molar-refractivity contribution in [2.75, 3.05) is 25.3 Å². The number of thiophene rings is 1. The van der Waals surface area contributed by atoms with E-state index in [9.17, 15) is 18.0 Å². The second-order valence-corrected chi connectivity index (χ2v) is 9.94. The van der Waals surface area contributed by atoms with Crippen LogP contribution in [0.1, 0.15) is 27.6 Å². The number of methoxy groups -OCH3 is 1. The van der Waals surface area contributed by atoms with Crippen LogP contribution in [0.15, 0.2) is 52.7 Å². The first-order chi connectivity index (χ1) is 15.2. The van der Waals surface area contributed by atoms with Crippen molar-refractivity contribution in [3.05, 3.63) is 64.0 Å². The lowest BCUT2D eigenvalue weighted by Gasteiger charge is -2.10. The van der Waals surface area contributed by atoms with E-state index in [4.69, 9.17) is 21.1 Å². The molecule has 32 heavy (non-hydrogen) atoms. The van der Waals surface area contributed by atoms with Gasteiger partial charge in [-0.15, -0.1) is 11.3 Å². The van der Waals surface area contributed by atoms with Crippen molar-refractivity contribution in [1.29, 1.82) is 0 Å². The molecule has 7 nitrogen and oxygen atoms in total. The van der Waals surface area contributed by atoms with Crippen LogP contribution >= 0.6 is 22.9 Å². The molecule has 0 saturated carbocycles. The van der Waals surface area contributed by atoms with Crippen LogP contribution in [0.5, 0.6) is 5.75 Å². The summed E-state index contributed by atoms with van der Waals surface area (Å²) in [6.45, 7) is 1.86. The zero-order valence-electron chi connectivity index (χ0n) is 17.5. The Balaban J connectivity index is 2.00. The molecule has 0 spiro atoms. The predicted molar refractivity (Wildman–Crippen MR) is 125 cm³/mol. The van der Waals surface area contributed by atoms with Gasteiger partial charge in [-0.1, -0.05) is 23.7 Å². The number of nitrogens with one attached hydrogen (secondary N) is 1. The van der Waals surface area contributed by atoms with Crippen LogP contribution in [0.3, 0.4) is 0 Å². The number of carbonyl (C=O) groups is 2. The maximum Gasteiger partial charge on any atom is 0.341 e. The fourth-order valence-corrected chi connectivity index (χ4v) is 5.20. The van der Waals surface area contributed by atoms with E-state index >= 15 is 0 Å². The average molecular weight is 494 g/mol. The number of esters is 1. The largest absolute Gasteiger partial charge is 0.497 e. The standard InChI is InChI=1S/C22H20ClNO6S2/c1-4-30-22(26)19-16(13-5-8-15(29-2)9-6-13)12-31-21(19)24-20(25)14-7-10-17(23)18(11-14)32(3,27)28/h5-12H,4H2,1-3H3,(H,24,25). The Morgan fingerprint density at radius 3 is 2.41 bits per heavy atom. The van der Waals surface area contributed by atoms with Gasteiger partial charge in [0, 0.05) is 22.8 Å². The zero-order valence-corrected chi connectivity index (χ0v) is 19.9. The van der Waals surface area contributed by atoms with E-state index in [1.165, 1.54) is 18.2 Å². The van der Waals surface area contributed by atoms with Gasteiger partial charge in [-0.25, -0.2) is 13.2 Å². The van der Waals surface area contributed by atoms with Crippen LogP contribution < -0.4 is 10.1 Å². The fraction of sp³-hybridized carbons (Fsp3) is 0.182. The third-order valence-electron chi connectivity index (χ3n) is 4.49. The third kappa shape index (κ3) is 5.12. The van der Waals surface area contributed by atoms with Gasteiger partial charge in [-0.3, -0.25) is 4.79 Å². The quantitative estimate of drug-likeness (QED) is 0.469. The number of rotatable bonds is 7. The van der Waals surface area contributed by atoms with Gasteiger partial charge in [0.2, 0.25) is 0 Å². The molecule has 0 aliphatic heterocycles. The third-order valence-corrected chi connectivity index (χ3v) is 6.97. The molecule has 0 aliphatic carbocycles. The van der Waals surface area contributed by atoms with Crippen LogP contribution in [-0.2, 0) is 14.6 Å². The minimum Gasteiger partial charge on any atom is -0.497 e. The van der Waals surface area contributed by atoms with E-state index in [2.05, 4.69) is 5.32 Å². The first-order valence-electron chi connectivity index (χ1n) is 9.39. The van der Waals surface area contributed by atoms with E-state index < -0.39 is 21.7 Å². The molecular formula is C22H20ClNO6S2. The summed E-state index contributed by atoms with van der Waals surface area (Å²) in [6, 6.07) is 11.1. The molecule has 3 aromatic rings. The van der Waals surface area contributed by atoms with Gasteiger partial charge in [0.05, 0.1) is 23.6 Å². The van der Waals surface area contributed by atoms with Crippen molar-refractivity contribution in [3.8, 4) is 16.9 Å². The molecule has 0 atom stereocenters. The predicted octanol–water partition coefficient (Wildman–Crippen LogP) is 4.91. The van der Waals surface area contributed by atoms with Gasteiger partial charge in [0.1, 0.15) is 16.3 Å². The fourth-order valence-electron chi connectivity index (χ4n) is 2.94. The molecule has 2 aromatic carbocycles. The maximum absolute atomic E-state index is 12.9. The highest BCUT2D eigenvalue weighted by atomic mass is 35.5. The van der Waals surface area contributed by atoms with Gasteiger partial charge in [-0.2, -0.15) is 0 Å². The summed E-state index contributed by atoms with van der Waals surface area (Å²) >= 11 is 7.12. The second-order valence-electron chi connectivity index (χ2n) is 6.67. The molecule has 0 radical (unpaired) electrons. The highest BCUT2D eigenvalue weighted by Gasteiger charge is 2.24. The number of sulfone groups is 1. The number of benzene rings is 2. The average Bonchev–Trinajstić information content (AvgIpc) is 3.17. The minimum absolute atomic E-state index is 0.0224. The van der Waals surface area contributed by atoms with Crippen LogP contribution in [0, 0.1) is 0 Å². The van der Waals surface area contributed by atoms with Gasteiger partial charge < -0.3 is 14.8 Å². The lowest BCUT2D eigenvalue weighted by Crippen LogP contribution is -2.15. The number of halogens is 1. The minimum atomic E-state index is -3.62. The molecule has 1 N–H and O–H groups in total. The summed E-state index contributed by atoms with van der Waals surface area (Å²) in [5.41, 5.74) is 1.65. The number of hydrogen-bond acceptors (Lipinski definition) is 7. The molecule has 0 fully saturated rings. The Hall–Kier alpha value is -2.88. The molecule has 0 saturated heterocycles. The number of amides is 1. The second kappa shape index (κ2) is 9.72. The molecule has 3 rings (SSSR count). The summed E-state index contributed by atoms with van der Waals surface area (Å²) in [6.07, 6.45) is 1.01. The Bertz CT molecular complexity index is 1270. The first-order valence-corrected chi connectivity index (χ1v) is 12.5. The molecule has 1 aromatic heterocycles. The topological polar surface area (TPSA) is 98.8 Å². The molecule has 0 aliphatic rings. The van der Waals surface area contributed by atoms with Crippen molar-refractivity contribution < 1.29 is 27.5 Å². The summed E-state index contributed by atoms with van der Waals surface area (Å²) in [5.74, 6) is -0.498. The Labute approximate surface area is 194 Å². The van der Waals surface area contributed by atoms with Crippen LogP contribution in [0.2, 0.25) is 5.02 Å². The van der Waals surface area contributed by atoms with E-state index in [-0.39, 0.29) is 32.7 Å². The van der Waals surface area contributed by atoms with Crippen LogP contribution in [-0.4, -0.2) is 40.3 Å². The monoisotopic (exact) mass is 493 g/mol. The molecule has 168 valence electrons. The van der Waals surface area contributed by atoms with Crippen molar-refractivity contribution in [2.24, 2.45) is 0 Å². The van der Waals surface area contributed by atoms with Crippen LogP contribution in [0.25, 0.3) is 11.1 Å². The molecule has 1 heterocycles. The van der Waals surface area contributed by atoms with Crippen molar-refractivity contribution in [3.63, 3.8) is 0 Å². The lowest BCUT2D eigenvalue weighted by molar-refractivity contribution is 0.0529. The van der Waals surface area contributed by atoms with Crippen molar-refractivity contribution >= 4 is 49.7 Å². The molecule has 1 amide bonds. The normalized spacial score (nSPS) is 11.1. The number of anilines is 1. The number of hydrogen-bond donors (Lipinski definition) is 1. The Morgan fingerprint density at radius 2 is 1.81 bits per heavy atom. The van der Waals surface area contributed by atoms with Gasteiger partial charge >= 0.3 is 5.97 Å². The van der Waals surface area contributed by atoms with E-state index in [1.807, 2.05) is 0 Å². The molecule has 0 bridgehead atoms. The lowest BCUT2D eigenvalue weighted by atomic mass is 10.0. The SMILES string of the molecule is CCOC(=O)c1c(-c2ccc(OC)cc2)csc1NC(=O)c1ccc(Cl)c(S(C)(=O)=O)c1. The van der Waals surface area contributed by atoms with Crippen molar-refractivity contribution in [1.82, 2.24) is 0 Å². The maximum atomic E-state index is 12.9. The van der Waals surface area contributed by atoms with Crippen molar-refractivity contribution in [2.45, 2.75) is 11.8 Å². The Kier molecular flexibility index (Phi) is 7.22.